The number of anilines is 2. The third-order valence-corrected chi connectivity index (χ3v) is 5.79. The van der Waals surface area contributed by atoms with E-state index in [1.807, 2.05) is 11.5 Å². The maximum atomic E-state index is 12.6. The molecule has 2 heterocycles. The van der Waals surface area contributed by atoms with Crippen molar-refractivity contribution in [3.8, 4) is 0 Å². The smallest absolute Gasteiger partial charge is 0.271 e. The summed E-state index contributed by atoms with van der Waals surface area (Å²) in [6.45, 7) is 7.14. The maximum absolute atomic E-state index is 12.6. The molecule has 156 valence electrons. The second-order valence-electron chi connectivity index (χ2n) is 6.30. The van der Waals surface area contributed by atoms with Gasteiger partial charge in [0.1, 0.15) is 0 Å². The van der Waals surface area contributed by atoms with Crippen molar-refractivity contribution in [2.45, 2.75) is 30.8 Å². The number of morpholine rings is 1. The number of amides is 1. The summed E-state index contributed by atoms with van der Waals surface area (Å²) in [6, 6.07) is 3.91. The third kappa shape index (κ3) is 4.98. The van der Waals surface area contributed by atoms with Gasteiger partial charge in [-0.25, -0.2) is 0 Å². The standard InChI is InChI=1S/C17H21ClN6O4S/c1-3-23-16(22-6-8-28-9-7-22)20-21-17(23)29-11(2)15(25)19-14-10-12(24(26)27)4-5-13(14)18/h4-5,10-11H,3,6-9H2,1-2H3,(H,19,25). The highest BCUT2D eigenvalue weighted by Gasteiger charge is 2.24. The van der Waals surface area contributed by atoms with Crippen LogP contribution in [0.2, 0.25) is 5.02 Å². The van der Waals surface area contributed by atoms with E-state index >= 15 is 0 Å². The molecular weight excluding hydrogens is 420 g/mol. The lowest BCUT2D eigenvalue weighted by Crippen LogP contribution is -2.38. The van der Waals surface area contributed by atoms with Crippen molar-refractivity contribution in [2.75, 3.05) is 36.5 Å². The minimum atomic E-state index is -0.541. The first-order valence-electron chi connectivity index (χ1n) is 9.08. The average molecular weight is 441 g/mol. The van der Waals surface area contributed by atoms with Gasteiger partial charge in [-0.15, -0.1) is 10.2 Å². The molecule has 1 saturated heterocycles. The Morgan fingerprint density at radius 1 is 1.41 bits per heavy atom. The molecule has 1 N–H and O–H groups in total. The molecule has 0 spiro atoms. The van der Waals surface area contributed by atoms with Gasteiger partial charge in [0.25, 0.3) is 5.69 Å². The number of halogens is 1. The van der Waals surface area contributed by atoms with Gasteiger partial charge in [0.15, 0.2) is 5.16 Å². The van der Waals surface area contributed by atoms with Gasteiger partial charge in [0.05, 0.1) is 34.1 Å². The molecular formula is C17H21ClN6O4S. The average Bonchev–Trinajstić information content (AvgIpc) is 3.12. The molecule has 1 aromatic heterocycles. The van der Waals surface area contributed by atoms with Crippen LogP contribution in [0.5, 0.6) is 0 Å². The predicted octanol–water partition coefficient (Wildman–Crippen LogP) is 2.82. The highest BCUT2D eigenvalue weighted by atomic mass is 35.5. The summed E-state index contributed by atoms with van der Waals surface area (Å²) < 4.78 is 7.34. The molecule has 3 rings (SSSR count). The summed E-state index contributed by atoms with van der Waals surface area (Å²) in [5.74, 6) is 0.420. The fourth-order valence-electron chi connectivity index (χ4n) is 2.81. The van der Waals surface area contributed by atoms with E-state index in [9.17, 15) is 14.9 Å². The van der Waals surface area contributed by atoms with Gasteiger partial charge in [-0.2, -0.15) is 0 Å². The topological polar surface area (TPSA) is 115 Å². The molecule has 1 fully saturated rings. The second-order valence-corrected chi connectivity index (χ2v) is 8.01. The molecule has 1 amide bonds. The van der Waals surface area contributed by atoms with Crippen molar-refractivity contribution in [2.24, 2.45) is 0 Å². The summed E-state index contributed by atoms with van der Waals surface area (Å²) in [4.78, 5) is 25.1. The zero-order chi connectivity index (χ0) is 21.0. The Morgan fingerprint density at radius 2 is 2.14 bits per heavy atom. The van der Waals surface area contributed by atoms with Crippen LogP contribution in [0.25, 0.3) is 0 Å². The van der Waals surface area contributed by atoms with Crippen molar-refractivity contribution in [1.29, 1.82) is 0 Å². The van der Waals surface area contributed by atoms with Crippen LogP contribution in [0.4, 0.5) is 17.3 Å². The van der Waals surface area contributed by atoms with E-state index in [1.165, 1.54) is 30.0 Å². The summed E-state index contributed by atoms with van der Waals surface area (Å²) in [5.41, 5.74) is 0.0511. The summed E-state index contributed by atoms with van der Waals surface area (Å²) in [5, 5.41) is 22.5. The Bertz CT molecular complexity index is 902. The third-order valence-electron chi connectivity index (χ3n) is 4.38. The number of carbonyl (C=O) groups is 1. The summed E-state index contributed by atoms with van der Waals surface area (Å²) >= 11 is 7.33. The van der Waals surface area contributed by atoms with E-state index in [4.69, 9.17) is 16.3 Å². The van der Waals surface area contributed by atoms with Crippen LogP contribution in [0, 0.1) is 10.1 Å². The molecule has 1 atom stereocenters. The molecule has 1 aliphatic rings. The van der Waals surface area contributed by atoms with Gasteiger partial charge in [-0.05, 0) is 19.9 Å². The zero-order valence-electron chi connectivity index (χ0n) is 16.0. The first-order valence-corrected chi connectivity index (χ1v) is 10.3. The molecule has 0 aliphatic carbocycles. The van der Waals surface area contributed by atoms with E-state index in [0.717, 1.165) is 19.0 Å². The number of nitrogens with one attached hydrogen (secondary N) is 1. The number of rotatable bonds is 7. The van der Waals surface area contributed by atoms with Gasteiger partial charge in [-0.3, -0.25) is 19.5 Å². The normalized spacial score (nSPS) is 15.2. The Hall–Kier alpha value is -2.37. The van der Waals surface area contributed by atoms with Crippen molar-refractivity contribution in [3.05, 3.63) is 33.3 Å². The first kappa shape index (κ1) is 21.3. The highest BCUT2D eigenvalue weighted by molar-refractivity contribution is 8.00. The monoisotopic (exact) mass is 440 g/mol. The molecule has 1 aromatic carbocycles. The van der Waals surface area contributed by atoms with Gasteiger partial charge >= 0.3 is 0 Å². The number of hydrogen-bond donors (Lipinski definition) is 1. The number of thioether (sulfide) groups is 1. The number of ether oxygens (including phenoxy) is 1. The number of hydrogen-bond acceptors (Lipinski definition) is 8. The molecule has 12 heteroatoms. The molecule has 29 heavy (non-hydrogen) atoms. The van der Waals surface area contributed by atoms with E-state index in [1.54, 1.807) is 6.92 Å². The van der Waals surface area contributed by atoms with Gasteiger partial charge in [0.2, 0.25) is 11.9 Å². The van der Waals surface area contributed by atoms with E-state index in [0.29, 0.717) is 24.9 Å². The van der Waals surface area contributed by atoms with E-state index in [2.05, 4.69) is 20.4 Å². The second kappa shape index (κ2) is 9.42. The van der Waals surface area contributed by atoms with Gasteiger partial charge < -0.3 is 15.0 Å². The molecule has 0 bridgehead atoms. The quantitative estimate of drug-likeness (QED) is 0.397. The number of nitrogens with zero attached hydrogens (tertiary/aromatic N) is 5. The van der Waals surface area contributed by atoms with Crippen molar-refractivity contribution < 1.29 is 14.5 Å². The minimum Gasteiger partial charge on any atom is -0.378 e. The van der Waals surface area contributed by atoms with Gasteiger partial charge in [-0.1, -0.05) is 23.4 Å². The van der Waals surface area contributed by atoms with Crippen LogP contribution in [0.3, 0.4) is 0 Å². The molecule has 0 radical (unpaired) electrons. The lowest BCUT2D eigenvalue weighted by Gasteiger charge is -2.27. The van der Waals surface area contributed by atoms with Crippen LogP contribution in [0.1, 0.15) is 13.8 Å². The molecule has 0 saturated carbocycles. The zero-order valence-corrected chi connectivity index (χ0v) is 17.6. The Labute approximate surface area is 176 Å². The molecule has 1 unspecified atom stereocenters. The Balaban J connectivity index is 1.71. The molecule has 1 aliphatic heterocycles. The Morgan fingerprint density at radius 3 is 2.79 bits per heavy atom. The number of aromatic nitrogens is 3. The summed E-state index contributed by atoms with van der Waals surface area (Å²) in [6.07, 6.45) is 0. The van der Waals surface area contributed by atoms with E-state index < -0.39 is 10.2 Å². The van der Waals surface area contributed by atoms with Crippen molar-refractivity contribution in [3.63, 3.8) is 0 Å². The van der Waals surface area contributed by atoms with Crippen LogP contribution in [-0.4, -0.2) is 57.1 Å². The number of nitro groups is 1. The van der Waals surface area contributed by atoms with Crippen LogP contribution in [-0.2, 0) is 16.1 Å². The van der Waals surface area contributed by atoms with Gasteiger partial charge in [0, 0.05) is 31.8 Å². The fraction of sp³-hybridized carbons (Fsp3) is 0.471. The predicted molar refractivity (Wildman–Crippen MR) is 111 cm³/mol. The summed E-state index contributed by atoms with van der Waals surface area (Å²) in [7, 11) is 0. The van der Waals surface area contributed by atoms with Crippen LogP contribution >= 0.6 is 23.4 Å². The molecule has 2 aromatic rings. The lowest BCUT2D eigenvalue weighted by molar-refractivity contribution is -0.384. The Kier molecular flexibility index (Phi) is 6.93. The van der Waals surface area contributed by atoms with E-state index in [-0.39, 0.29) is 22.3 Å². The number of nitro benzene ring substituents is 1. The SMILES string of the molecule is CCn1c(SC(C)C(=O)Nc2cc([N+](=O)[O-])ccc2Cl)nnc1N1CCOCC1. The number of benzene rings is 1. The lowest BCUT2D eigenvalue weighted by atomic mass is 10.2. The largest absolute Gasteiger partial charge is 0.378 e. The van der Waals surface area contributed by atoms with Crippen LogP contribution in [0.15, 0.2) is 23.4 Å². The maximum Gasteiger partial charge on any atom is 0.271 e. The fourth-order valence-corrected chi connectivity index (χ4v) is 3.88. The van der Waals surface area contributed by atoms with Crippen molar-refractivity contribution >= 4 is 46.6 Å². The number of carbonyl (C=O) groups excluding carboxylic acids is 1. The minimum absolute atomic E-state index is 0.147. The van der Waals surface area contributed by atoms with Crippen LogP contribution < -0.4 is 10.2 Å². The first-order chi connectivity index (χ1) is 13.9. The molecule has 10 nitrogen and oxygen atoms in total. The van der Waals surface area contributed by atoms with Crippen molar-refractivity contribution in [1.82, 2.24) is 14.8 Å². The highest BCUT2D eigenvalue weighted by Crippen LogP contribution is 2.30. The number of non-ortho nitro benzene ring substituents is 1.